The molecule has 0 saturated heterocycles. The van der Waals surface area contributed by atoms with Gasteiger partial charge in [0.15, 0.2) is 5.65 Å². The summed E-state index contributed by atoms with van der Waals surface area (Å²) >= 11 is 0. The molecule has 0 aromatic carbocycles. The Morgan fingerprint density at radius 2 is 1.77 bits per heavy atom. The van der Waals surface area contributed by atoms with E-state index in [1.807, 2.05) is 18.4 Å². The summed E-state index contributed by atoms with van der Waals surface area (Å²) in [6, 6.07) is 2.39. The van der Waals surface area contributed by atoms with Crippen molar-refractivity contribution in [1.82, 2.24) is 14.5 Å². The molecule has 1 saturated carbocycles. The van der Waals surface area contributed by atoms with Crippen LogP contribution in [0.15, 0.2) is 12.1 Å². The summed E-state index contributed by atoms with van der Waals surface area (Å²) < 4.78 is 75.5. The van der Waals surface area contributed by atoms with Gasteiger partial charge in [0.2, 0.25) is 0 Å². The van der Waals surface area contributed by atoms with Crippen molar-refractivity contribution in [2.24, 2.45) is 5.92 Å². The van der Waals surface area contributed by atoms with Crippen LogP contribution in [0.25, 0.3) is 11.2 Å². The number of aryl methyl sites for hydroxylation is 1. The van der Waals surface area contributed by atoms with Gasteiger partial charge in [-0.15, -0.1) is 0 Å². The largest absolute Gasteiger partial charge is 0.433 e. The summed E-state index contributed by atoms with van der Waals surface area (Å²) in [5.41, 5.74) is -0.131. The Bertz CT molecular complexity index is 896. The summed E-state index contributed by atoms with van der Waals surface area (Å²) in [5.74, 6) is -1.12. The molecule has 1 atom stereocenters. The molecule has 10 heteroatoms. The molecule has 0 N–H and O–H groups in total. The average Bonchev–Trinajstić information content (AvgIpc) is 2.93. The van der Waals surface area contributed by atoms with Gasteiger partial charge in [-0.05, 0) is 45.2 Å². The molecule has 1 fully saturated rings. The van der Waals surface area contributed by atoms with Gasteiger partial charge in [-0.1, -0.05) is 13.8 Å². The molecule has 2 aromatic heterocycles. The zero-order valence-electron chi connectivity index (χ0n) is 17.3. The number of carbonyl (C=O) groups excluding carboxylic acids is 1. The lowest BCUT2D eigenvalue weighted by Crippen LogP contribution is -2.38. The molecule has 0 bridgehead atoms. The first-order valence-electron chi connectivity index (χ1n) is 9.71. The molecule has 30 heavy (non-hydrogen) atoms. The van der Waals surface area contributed by atoms with E-state index in [0.717, 1.165) is 38.1 Å². The maximum Gasteiger partial charge on any atom is 0.433 e. The number of alkyl halides is 6. The third-order valence-electron chi connectivity index (χ3n) is 5.42. The first-order valence-corrected chi connectivity index (χ1v) is 9.71. The summed E-state index contributed by atoms with van der Waals surface area (Å²) in [6.07, 6.45) is -5.86. The first-order chi connectivity index (χ1) is 13.7. The molecule has 2 heterocycles. The molecule has 2 aromatic rings. The predicted molar refractivity (Wildman–Crippen MR) is 99.9 cm³/mol. The zero-order valence-corrected chi connectivity index (χ0v) is 17.3. The highest BCUT2D eigenvalue weighted by molar-refractivity contribution is 5.78. The van der Waals surface area contributed by atoms with Crippen molar-refractivity contribution in [3.05, 3.63) is 23.7 Å². The van der Waals surface area contributed by atoms with Crippen molar-refractivity contribution in [2.45, 2.75) is 77.7 Å². The van der Waals surface area contributed by atoms with E-state index in [-0.39, 0.29) is 24.2 Å². The van der Waals surface area contributed by atoms with E-state index in [0.29, 0.717) is 11.2 Å². The van der Waals surface area contributed by atoms with Crippen LogP contribution >= 0.6 is 0 Å². The van der Waals surface area contributed by atoms with Crippen molar-refractivity contribution in [3.8, 4) is 0 Å². The number of aromatic nitrogens is 3. The standard InChI is InChI=1S/C13H14F3N3.C7H11F3O/c1-8-17-9-4-5-10(13(14,15)16)18-11(9)19(8)12(2)6-3-7-12;1-3-6(11)4-5(2)7(8,9)10/h4-5H,3,6-7H2,1-2H3;5H,3-4H2,1-2H3. The minimum absolute atomic E-state index is 0.143. The highest BCUT2D eigenvalue weighted by Gasteiger charge is 2.38. The van der Waals surface area contributed by atoms with E-state index >= 15 is 0 Å². The van der Waals surface area contributed by atoms with Gasteiger partial charge >= 0.3 is 12.4 Å². The molecule has 4 nitrogen and oxygen atoms in total. The van der Waals surface area contributed by atoms with E-state index in [1.165, 1.54) is 6.07 Å². The van der Waals surface area contributed by atoms with E-state index in [1.54, 1.807) is 6.92 Å². The SMILES string of the molecule is CCC(=O)CC(C)C(F)(F)F.Cc1nc2ccc(C(F)(F)F)nc2n1C1(C)CCC1. The highest BCUT2D eigenvalue weighted by atomic mass is 19.4. The fourth-order valence-electron chi connectivity index (χ4n) is 3.39. The Morgan fingerprint density at radius 3 is 2.20 bits per heavy atom. The molecule has 168 valence electrons. The van der Waals surface area contributed by atoms with Crippen molar-refractivity contribution in [1.29, 1.82) is 0 Å². The van der Waals surface area contributed by atoms with Gasteiger partial charge in [0.1, 0.15) is 22.8 Å². The quantitative estimate of drug-likeness (QED) is 0.534. The van der Waals surface area contributed by atoms with Gasteiger partial charge in [-0.25, -0.2) is 9.97 Å². The average molecular weight is 437 g/mol. The Kier molecular flexibility index (Phi) is 6.88. The van der Waals surface area contributed by atoms with Crippen LogP contribution < -0.4 is 0 Å². The Labute approximate surface area is 170 Å². The monoisotopic (exact) mass is 437 g/mol. The van der Waals surface area contributed by atoms with E-state index in [9.17, 15) is 31.1 Å². The minimum atomic E-state index is -4.42. The molecular formula is C20H25F6N3O. The number of nitrogens with zero attached hydrogens (tertiary/aromatic N) is 3. The van der Waals surface area contributed by atoms with Gasteiger partial charge in [-0.3, -0.25) is 4.79 Å². The zero-order chi connectivity index (χ0) is 22.9. The summed E-state index contributed by atoms with van der Waals surface area (Å²) in [4.78, 5) is 18.7. The van der Waals surface area contributed by atoms with Crippen molar-refractivity contribution in [2.75, 3.05) is 0 Å². The number of rotatable bonds is 4. The second-order valence-corrected chi connectivity index (χ2v) is 7.92. The van der Waals surface area contributed by atoms with Gasteiger partial charge in [0.25, 0.3) is 0 Å². The van der Waals surface area contributed by atoms with Crippen molar-refractivity contribution < 1.29 is 31.1 Å². The fraction of sp³-hybridized carbons (Fsp3) is 0.650. The number of halogens is 6. The van der Waals surface area contributed by atoms with E-state index < -0.39 is 24.0 Å². The molecule has 0 radical (unpaired) electrons. The fourth-order valence-corrected chi connectivity index (χ4v) is 3.39. The lowest BCUT2D eigenvalue weighted by molar-refractivity contribution is -0.173. The minimum Gasteiger partial charge on any atom is -0.307 e. The predicted octanol–water partition coefficient (Wildman–Crippen LogP) is 6.21. The highest BCUT2D eigenvalue weighted by Crippen LogP contribution is 2.41. The third kappa shape index (κ3) is 5.31. The second-order valence-electron chi connectivity index (χ2n) is 7.92. The Hall–Kier alpha value is -2.13. The van der Waals surface area contributed by atoms with Crippen LogP contribution in [0.1, 0.15) is 64.4 Å². The van der Waals surface area contributed by atoms with E-state index in [2.05, 4.69) is 9.97 Å². The maximum atomic E-state index is 12.8. The number of imidazole rings is 1. The molecule has 1 aliphatic carbocycles. The van der Waals surface area contributed by atoms with Crippen LogP contribution in [0.3, 0.4) is 0 Å². The molecule has 0 aliphatic heterocycles. The lowest BCUT2D eigenvalue weighted by atomic mass is 9.78. The van der Waals surface area contributed by atoms with E-state index in [4.69, 9.17) is 0 Å². The van der Waals surface area contributed by atoms with Crippen LogP contribution in [0.2, 0.25) is 0 Å². The summed E-state index contributed by atoms with van der Waals surface area (Å²) in [5, 5.41) is 0. The van der Waals surface area contributed by atoms with Crippen LogP contribution in [0.5, 0.6) is 0 Å². The van der Waals surface area contributed by atoms with Crippen LogP contribution in [0.4, 0.5) is 26.3 Å². The molecule has 1 aliphatic rings. The molecule has 0 spiro atoms. The van der Waals surface area contributed by atoms with Crippen molar-refractivity contribution in [3.63, 3.8) is 0 Å². The van der Waals surface area contributed by atoms with Gasteiger partial charge < -0.3 is 4.57 Å². The van der Waals surface area contributed by atoms with Gasteiger partial charge in [0, 0.05) is 18.4 Å². The lowest BCUT2D eigenvalue weighted by Gasteiger charge is -2.40. The van der Waals surface area contributed by atoms with Gasteiger partial charge in [0.05, 0.1) is 5.92 Å². The number of pyridine rings is 1. The van der Waals surface area contributed by atoms with Crippen LogP contribution in [0, 0.1) is 12.8 Å². The van der Waals surface area contributed by atoms with Crippen LogP contribution in [-0.4, -0.2) is 26.5 Å². The van der Waals surface area contributed by atoms with Crippen molar-refractivity contribution >= 4 is 16.9 Å². The normalized spacial score (nSPS) is 17.1. The number of carbonyl (C=O) groups is 1. The number of hydrogen-bond acceptors (Lipinski definition) is 3. The summed E-state index contributed by atoms with van der Waals surface area (Å²) in [6.45, 7) is 6.45. The third-order valence-corrected chi connectivity index (χ3v) is 5.42. The number of ketones is 1. The molecule has 3 rings (SSSR count). The summed E-state index contributed by atoms with van der Waals surface area (Å²) in [7, 11) is 0. The Morgan fingerprint density at radius 1 is 1.17 bits per heavy atom. The molecule has 1 unspecified atom stereocenters. The maximum absolute atomic E-state index is 12.8. The number of Topliss-reactive ketones (excluding diaryl/α,β-unsaturated/α-hetero) is 1. The molecular weight excluding hydrogens is 412 g/mol. The number of fused-ring (bicyclic) bond motifs is 1. The smallest absolute Gasteiger partial charge is 0.307 e. The molecule has 0 amide bonds. The second kappa shape index (κ2) is 8.55. The Balaban J connectivity index is 0.000000252. The first kappa shape index (κ1) is 24.1. The van der Waals surface area contributed by atoms with Crippen LogP contribution in [-0.2, 0) is 16.5 Å². The number of hydrogen-bond donors (Lipinski definition) is 0. The van der Waals surface area contributed by atoms with Gasteiger partial charge in [-0.2, -0.15) is 26.3 Å². The topological polar surface area (TPSA) is 47.8 Å².